The Balaban J connectivity index is 1.67. The number of hydrogen-bond donors (Lipinski definition) is 2. The molecule has 0 saturated carbocycles. The zero-order valence-corrected chi connectivity index (χ0v) is 22.0. The zero-order valence-electron chi connectivity index (χ0n) is 20.2. The van der Waals surface area contributed by atoms with E-state index in [1.807, 2.05) is 84.9 Å². The van der Waals surface area contributed by atoms with Gasteiger partial charge >= 0.3 is 0 Å². The molecule has 0 spiro atoms. The molecule has 190 valence electrons. The van der Waals surface area contributed by atoms with Gasteiger partial charge in [-0.1, -0.05) is 36.4 Å². The van der Waals surface area contributed by atoms with Crippen LogP contribution >= 0.6 is 15.8 Å². The summed E-state index contributed by atoms with van der Waals surface area (Å²) in [4.78, 5) is 0. The highest BCUT2D eigenvalue weighted by Gasteiger charge is 2.32. The first-order valence-electron chi connectivity index (χ1n) is 12.0. The maximum absolute atomic E-state index is 10.6. The van der Waals surface area contributed by atoms with E-state index in [0.29, 0.717) is 0 Å². The van der Waals surface area contributed by atoms with Gasteiger partial charge in [0.05, 0.1) is 54.1 Å². The standard InChI is InChI=1S/C30H24O6P2/c31-19-21-7-1-9-23(37(25-11-3-15-33-25)26-12-4-16-34-26)29(21)30-22(20-32)8-2-10-24(30)38(27-13-5-17-35-27)28-14-6-18-36-28/h1-18,31-32H,19-20H2. The molecule has 0 bridgehead atoms. The number of hydrogen-bond acceptors (Lipinski definition) is 6. The first-order chi connectivity index (χ1) is 18.8. The smallest absolute Gasteiger partial charge is 0.137 e. The van der Waals surface area contributed by atoms with Gasteiger partial charge in [-0.25, -0.2) is 0 Å². The van der Waals surface area contributed by atoms with Crippen LogP contribution < -0.4 is 32.6 Å². The summed E-state index contributed by atoms with van der Waals surface area (Å²) < 4.78 is 23.7. The molecule has 2 N–H and O–H groups in total. The zero-order chi connectivity index (χ0) is 25.9. The average Bonchev–Trinajstić information content (AvgIpc) is 3.78. The van der Waals surface area contributed by atoms with Crippen LogP contribution in [0.4, 0.5) is 0 Å². The van der Waals surface area contributed by atoms with Gasteiger partial charge in [0.25, 0.3) is 0 Å². The molecule has 38 heavy (non-hydrogen) atoms. The normalized spacial score (nSPS) is 11.6. The van der Waals surface area contributed by atoms with Crippen molar-refractivity contribution in [3.63, 3.8) is 0 Å². The highest BCUT2D eigenvalue weighted by atomic mass is 31.1. The van der Waals surface area contributed by atoms with Gasteiger partial charge in [0.15, 0.2) is 0 Å². The van der Waals surface area contributed by atoms with E-state index in [1.165, 1.54) is 0 Å². The molecule has 0 aliphatic carbocycles. The van der Waals surface area contributed by atoms with Gasteiger partial charge in [-0.05, 0) is 81.4 Å². The first-order valence-corrected chi connectivity index (χ1v) is 14.7. The van der Waals surface area contributed by atoms with Gasteiger partial charge in [0, 0.05) is 0 Å². The van der Waals surface area contributed by atoms with Crippen LogP contribution in [0.1, 0.15) is 11.1 Å². The number of aliphatic hydroxyl groups excluding tert-OH is 2. The van der Waals surface area contributed by atoms with Crippen molar-refractivity contribution in [2.45, 2.75) is 13.2 Å². The van der Waals surface area contributed by atoms with Gasteiger partial charge in [-0.15, -0.1) is 0 Å². The predicted molar refractivity (Wildman–Crippen MR) is 150 cm³/mol. The second-order valence-electron chi connectivity index (χ2n) is 8.41. The summed E-state index contributed by atoms with van der Waals surface area (Å²) >= 11 is 0. The molecule has 0 atom stereocenters. The Morgan fingerprint density at radius 2 is 0.789 bits per heavy atom. The molecule has 2 aromatic carbocycles. The minimum absolute atomic E-state index is 0.179. The van der Waals surface area contributed by atoms with E-state index in [1.54, 1.807) is 25.1 Å². The summed E-state index contributed by atoms with van der Waals surface area (Å²) in [5.41, 5.74) is 6.26. The van der Waals surface area contributed by atoms with Crippen LogP contribution in [-0.2, 0) is 13.2 Å². The molecule has 8 heteroatoms. The fraction of sp³-hybridized carbons (Fsp3) is 0.0667. The van der Waals surface area contributed by atoms with Crippen molar-refractivity contribution in [1.82, 2.24) is 0 Å². The fourth-order valence-electron chi connectivity index (χ4n) is 4.67. The third kappa shape index (κ3) is 4.47. The van der Waals surface area contributed by atoms with Crippen molar-refractivity contribution >= 4 is 48.5 Å². The highest BCUT2D eigenvalue weighted by molar-refractivity contribution is 7.80. The van der Waals surface area contributed by atoms with E-state index >= 15 is 0 Å². The molecule has 4 aromatic heterocycles. The second-order valence-corrected chi connectivity index (χ2v) is 12.5. The van der Waals surface area contributed by atoms with E-state index in [4.69, 9.17) is 17.7 Å². The van der Waals surface area contributed by atoms with Gasteiger partial charge < -0.3 is 27.9 Å². The fourth-order valence-corrected chi connectivity index (χ4v) is 9.09. The van der Waals surface area contributed by atoms with Crippen molar-refractivity contribution in [3.05, 3.63) is 121 Å². The van der Waals surface area contributed by atoms with Crippen LogP contribution in [-0.4, -0.2) is 10.2 Å². The van der Waals surface area contributed by atoms with Crippen LogP contribution in [0.3, 0.4) is 0 Å². The second kappa shape index (κ2) is 11.0. The monoisotopic (exact) mass is 542 g/mol. The predicted octanol–water partition coefficient (Wildman–Crippen LogP) is 4.23. The quantitative estimate of drug-likeness (QED) is 0.266. The molecule has 0 amide bonds. The van der Waals surface area contributed by atoms with E-state index in [9.17, 15) is 10.2 Å². The van der Waals surface area contributed by atoms with Crippen molar-refractivity contribution in [3.8, 4) is 11.1 Å². The van der Waals surface area contributed by atoms with Crippen molar-refractivity contribution in [1.29, 1.82) is 0 Å². The number of aliphatic hydroxyl groups is 2. The van der Waals surface area contributed by atoms with Crippen LogP contribution in [0, 0.1) is 0 Å². The van der Waals surface area contributed by atoms with Crippen molar-refractivity contribution in [2.75, 3.05) is 0 Å². The summed E-state index contributed by atoms with van der Waals surface area (Å²) in [6.45, 7) is -0.359. The Morgan fingerprint density at radius 3 is 1.05 bits per heavy atom. The Kier molecular flexibility index (Phi) is 7.13. The molecule has 0 fully saturated rings. The third-order valence-electron chi connectivity index (χ3n) is 6.24. The maximum atomic E-state index is 10.6. The van der Waals surface area contributed by atoms with Gasteiger partial charge in [-0.2, -0.15) is 0 Å². The lowest BCUT2D eigenvalue weighted by atomic mass is 9.95. The maximum Gasteiger partial charge on any atom is 0.137 e. The van der Waals surface area contributed by atoms with E-state index in [0.717, 1.165) is 54.9 Å². The average molecular weight is 542 g/mol. The molecule has 0 unspecified atom stereocenters. The van der Waals surface area contributed by atoms with E-state index < -0.39 is 15.8 Å². The summed E-state index contributed by atoms with van der Waals surface area (Å²) in [6, 6.07) is 27.0. The number of furan rings is 4. The lowest BCUT2D eigenvalue weighted by molar-refractivity contribution is 0.280. The molecule has 4 heterocycles. The minimum Gasteiger partial charge on any atom is -0.464 e. The van der Waals surface area contributed by atoms with E-state index in [-0.39, 0.29) is 13.2 Å². The molecular weight excluding hydrogens is 518 g/mol. The van der Waals surface area contributed by atoms with Crippen LogP contribution in [0.25, 0.3) is 11.1 Å². The molecule has 6 rings (SSSR count). The third-order valence-corrected chi connectivity index (χ3v) is 10.7. The van der Waals surface area contributed by atoms with Crippen molar-refractivity contribution in [2.24, 2.45) is 0 Å². The Morgan fingerprint density at radius 1 is 0.447 bits per heavy atom. The summed E-state index contributed by atoms with van der Waals surface area (Å²) in [6.07, 6.45) is 6.62. The minimum atomic E-state index is -1.24. The lowest BCUT2D eigenvalue weighted by Crippen LogP contribution is -2.26. The lowest BCUT2D eigenvalue weighted by Gasteiger charge is -2.25. The molecular formula is C30H24O6P2. The van der Waals surface area contributed by atoms with Gasteiger partial charge in [0.2, 0.25) is 0 Å². The largest absolute Gasteiger partial charge is 0.464 e. The highest BCUT2D eigenvalue weighted by Crippen LogP contribution is 2.43. The number of benzene rings is 2. The van der Waals surface area contributed by atoms with Crippen LogP contribution in [0.15, 0.2) is 128 Å². The topological polar surface area (TPSA) is 93.0 Å². The molecule has 6 nitrogen and oxygen atoms in total. The van der Waals surface area contributed by atoms with Crippen LogP contribution in [0.5, 0.6) is 0 Å². The number of rotatable bonds is 9. The Labute approximate surface area is 221 Å². The SMILES string of the molecule is OCc1cccc(P(c2ccco2)c2ccco2)c1-c1c(CO)cccc1P(c1ccco1)c1ccco1. The summed E-state index contributed by atoms with van der Waals surface area (Å²) in [5.74, 6) is 0. The first kappa shape index (κ1) is 24.7. The van der Waals surface area contributed by atoms with Crippen LogP contribution in [0.2, 0.25) is 0 Å². The molecule has 0 radical (unpaired) electrons. The summed E-state index contributed by atoms with van der Waals surface area (Å²) in [5, 5.41) is 23.1. The molecule has 0 aliphatic heterocycles. The molecule has 0 aliphatic rings. The summed E-state index contributed by atoms with van der Waals surface area (Å²) in [7, 11) is -2.49. The Bertz CT molecular complexity index is 1400. The molecule has 0 saturated heterocycles. The van der Waals surface area contributed by atoms with Crippen molar-refractivity contribution < 1.29 is 27.9 Å². The van der Waals surface area contributed by atoms with E-state index in [2.05, 4.69) is 0 Å². The Hall–Kier alpha value is -3.66. The van der Waals surface area contributed by atoms with Gasteiger partial charge in [-0.3, -0.25) is 0 Å². The molecule has 6 aromatic rings. The van der Waals surface area contributed by atoms with Gasteiger partial charge in [0.1, 0.15) is 22.0 Å².